The van der Waals surface area contributed by atoms with Crippen molar-refractivity contribution < 1.29 is 19.4 Å². The van der Waals surface area contributed by atoms with Crippen LogP contribution in [-0.2, 0) is 9.53 Å². The van der Waals surface area contributed by atoms with Crippen LogP contribution < -0.4 is 0 Å². The van der Waals surface area contributed by atoms with Gasteiger partial charge in [0.15, 0.2) is 6.10 Å². The highest BCUT2D eigenvalue weighted by Gasteiger charge is 2.39. The number of esters is 1. The second-order valence-electron chi connectivity index (χ2n) is 4.26. The number of ketones is 1. The highest BCUT2D eigenvalue weighted by molar-refractivity contribution is 7.12. The van der Waals surface area contributed by atoms with Gasteiger partial charge < -0.3 is 9.84 Å². The first-order valence-electron chi connectivity index (χ1n) is 5.95. The van der Waals surface area contributed by atoms with Crippen LogP contribution in [0.5, 0.6) is 0 Å². The lowest BCUT2D eigenvalue weighted by atomic mass is 9.98. The molecule has 0 spiro atoms. The van der Waals surface area contributed by atoms with Gasteiger partial charge >= 0.3 is 5.97 Å². The van der Waals surface area contributed by atoms with Crippen LogP contribution >= 0.6 is 11.3 Å². The number of rotatable bonds is 3. The van der Waals surface area contributed by atoms with Gasteiger partial charge in [-0.15, -0.1) is 11.3 Å². The number of thiophene rings is 1. The number of hydrogen-bond donors (Lipinski definition) is 1. The number of Topliss-reactive ketones (excluding diaryl/α,β-unsaturated/α-hetero) is 1. The van der Waals surface area contributed by atoms with Gasteiger partial charge in [0.1, 0.15) is 0 Å². The Kier molecular flexibility index (Phi) is 3.12. The molecule has 0 amide bonds. The maximum absolute atomic E-state index is 12.4. The van der Waals surface area contributed by atoms with Crippen molar-refractivity contribution in [1.82, 2.24) is 0 Å². The maximum Gasteiger partial charge on any atom is 0.374 e. The molecule has 0 saturated carbocycles. The van der Waals surface area contributed by atoms with E-state index < -0.39 is 17.8 Å². The van der Waals surface area contributed by atoms with Crippen molar-refractivity contribution in [1.29, 1.82) is 0 Å². The minimum atomic E-state index is -0.862. The summed E-state index contributed by atoms with van der Waals surface area (Å²) in [5, 5.41) is 11.6. The van der Waals surface area contributed by atoms with Gasteiger partial charge in [0.25, 0.3) is 0 Å². The molecule has 0 bridgehead atoms. The summed E-state index contributed by atoms with van der Waals surface area (Å²) >= 11 is 1.26. The summed E-state index contributed by atoms with van der Waals surface area (Å²) in [4.78, 5) is 24.4. The Morgan fingerprint density at radius 3 is 2.55 bits per heavy atom. The van der Waals surface area contributed by atoms with Gasteiger partial charge in [-0.3, -0.25) is 4.79 Å². The molecule has 4 nitrogen and oxygen atoms in total. The van der Waals surface area contributed by atoms with Crippen molar-refractivity contribution in [3.8, 4) is 0 Å². The van der Waals surface area contributed by atoms with Gasteiger partial charge in [-0.1, -0.05) is 36.4 Å². The zero-order valence-electron chi connectivity index (χ0n) is 10.3. The fourth-order valence-electron chi connectivity index (χ4n) is 2.09. The maximum atomic E-state index is 12.4. The van der Waals surface area contributed by atoms with Gasteiger partial charge in [-0.05, 0) is 17.0 Å². The van der Waals surface area contributed by atoms with Crippen LogP contribution in [0.15, 0.2) is 59.2 Å². The SMILES string of the molecule is O=C1OC(c2ccccc2)C(C(=O)c2cccs2)=C1O. The van der Waals surface area contributed by atoms with Crippen molar-refractivity contribution in [2.75, 3.05) is 0 Å². The molecule has 1 unspecified atom stereocenters. The lowest BCUT2D eigenvalue weighted by Gasteiger charge is -2.12. The van der Waals surface area contributed by atoms with Crippen LogP contribution in [0.3, 0.4) is 0 Å². The Morgan fingerprint density at radius 2 is 1.90 bits per heavy atom. The molecule has 1 aromatic heterocycles. The molecule has 20 heavy (non-hydrogen) atoms. The molecule has 0 aliphatic carbocycles. The van der Waals surface area contributed by atoms with E-state index >= 15 is 0 Å². The molecule has 1 aromatic carbocycles. The standard InChI is InChI=1S/C15H10O4S/c16-12(10-7-4-8-20-10)11-13(17)15(18)19-14(11)9-5-2-1-3-6-9/h1-8,14,17H. The minimum absolute atomic E-state index is 0.00338. The Balaban J connectivity index is 2.05. The molecule has 1 N–H and O–H groups in total. The first kappa shape index (κ1) is 12.6. The van der Waals surface area contributed by atoms with Crippen molar-refractivity contribution in [3.05, 3.63) is 69.6 Å². The van der Waals surface area contributed by atoms with E-state index in [1.54, 1.807) is 41.8 Å². The Bertz CT molecular complexity index is 686. The van der Waals surface area contributed by atoms with Crippen LogP contribution in [-0.4, -0.2) is 16.9 Å². The predicted octanol–water partition coefficient (Wildman–Crippen LogP) is 3.04. The molecule has 0 saturated heterocycles. The van der Waals surface area contributed by atoms with E-state index in [4.69, 9.17) is 4.74 Å². The van der Waals surface area contributed by atoms with Gasteiger partial charge in [0, 0.05) is 0 Å². The summed E-state index contributed by atoms with van der Waals surface area (Å²) in [5.74, 6) is -1.84. The molecule has 1 atom stereocenters. The average molecular weight is 286 g/mol. The summed E-state index contributed by atoms with van der Waals surface area (Å²) in [6, 6.07) is 12.3. The lowest BCUT2D eigenvalue weighted by molar-refractivity contribution is -0.142. The van der Waals surface area contributed by atoms with Crippen LogP contribution in [0.1, 0.15) is 21.3 Å². The summed E-state index contributed by atoms with van der Waals surface area (Å²) in [6.45, 7) is 0. The zero-order chi connectivity index (χ0) is 14.1. The van der Waals surface area contributed by atoms with Gasteiger partial charge in [0.05, 0.1) is 10.5 Å². The average Bonchev–Trinajstić information content (AvgIpc) is 3.09. The number of benzene rings is 1. The summed E-state index contributed by atoms with van der Waals surface area (Å²) in [5.41, 5.74) is 0.661. The minimum Gasteiger partial charge on any atom is -0.501 e. The molecule has 2 aromatic rings. The van der Waals surface area contributed by atoms with E-state index in [0.717, 1.165) is 0 Å². The number of ether oxygens (including phenoxy) is 1. The predicted molar refractivity (Wildman–Crippen MR) is 73.6 cm³/mol. The zero-order valence-corrected chi connectivity index (χ0v) is 11.1. The molecular formula is C15H10O4S. The molecule has 0 fully saturated rings. The number of carbonyl (C=O) groups is 2. The topological polar surface area (TPSA) is 63.6 Å². The largest absolute Gasteiger partial charge is 0.501 e. The quantitative estimate of drug-likeness (QED) is 0.696. The van der Waals surface area contributed by atoms with E-state index in [2.05, 4.69) is 0 Å². The molecule has 100 valence electrons. The molecule has 1 aliphatic heterocycles. The molecule has 1 aliphatic rings. The van der Waals surface area contributed by atoms with Gasteiger partial charge in [-0.2, -0.15) is 0 Å². The van der Waals surface area contributed by atoms with Crippen molar-refractivity contribution in [2.24, 2.45) is 0 Å². The monoisotopic (exact) mass is 286 g/mol. The molecule has 5 heteroatoms. The highest BCUT2D eigenvalue weighted by atomic mass is 32.1. The Morgan fingerprint density at radius 1 is 1.15 bits per heavy atom. The highest BCUT2D eigenvalue weighted by Crippen LogP contribution is 2.36. The third kappa shape index (κ3) is 2.02. The Labute approximate surface area is 118 Å². The molecule has 2 heterocycles. The number of hydrogen-bond acceptors (Lipinski definition) is 5. The Hall–Kier alpha value is -2.40. The van der Waals surface area contributed by atoms with Crippen LogP contribution in [0.2, 0.25) is 0 Å². The number of carbonyl (C=O) groups excluding carboxylic acids is 2. The second-order valence-corrected chi connectivity index (χ2v) is 5.21. The summed E-state index contributed by atoms with van der Waals surface area (Å²) in [6.07, 6.45) is -0.849. The number of aliphatic hydroxyl groups is 1. The van der Waals surface area contributed by atoms with Crippen molar-refractivity contribution in [2.45, 2.75) is 6.10 Å². The lowest BCUT2D eigenvalue weighted by Crippen LogP contribution is -2.10. The summed E-state index contributed by atoms with van der Waals surface area (Å²) in [7, 11) is 0. The number of aliphatic hydroxyl groups excluding tert-OH is 1. The van der Waals surface area contributed by atoms with E-state index in [1.807, 2.05) is 6.07 Å². The molecule has 0 radical (unpaired) electrons. The van der Waals surface area contributed by atoms with E-state index in [0.29, 0.717) is 10.4 Å². The van der Waals surface area contributed by atoms with Crippen molar-refractivity contribution in [3.63, 3.8) is 0 Å². The van der Waals surface area contributed by atoms with E-state index in [1.165, 1.54) is 11.3 Å². The molecule has 3 rings (SSSR count). The van der Waals surface area contributed by atoms with Crippen LogP contribution in [0.25, 0.3) is 0 Å². The fraction of sp³-hybridized carbons (Fsp3) is 0.0667. The third-order valence-electron chi connectivity index (χ3n) is 3.03. The first-order chi connectivity index (χ1) is 9.68. The van der Waals surface area contributed by atoms with E-state index in [9.17, 15) is 14.7 Å². The summed E-state index contributed by atoms with van der Waals surface area (Å²) < 4.78 is 5.11. The first-order valence-corrected chi connectivity index (χ1v) is 6.83. The van der Waals surface area contributed by atoms with E-state index in [-0.39, 0.29) is 11.4 Å². The smallest absolute Gasteiger partial charge is 0.374 e. The molecular weight excluding hydrogens is 276 g/mol. The second kappa shape index (κ2) is 4.94. The normalized spacial score (nSPS) is 18.2. The van der Waals surface area contributed by atoms with Crippen LogP contribution in [0, 0.1) is 0 Å². The van der Waals surface area contributed by atoms with Gasteiger partial charge in [-0.25, -0.2) is 4.79 Å². The number of cyclic esters (lactones) is 1. The van der Waals surface area contributed by atoms with Gasteiger partial charge in [0.2, 0.25) is 11.5 Å². The fourth-order valence-corrected chi connectivity index (χ4v) is 2.76. The van der Waals surface area contributed by atoms with Crippen molar-refractivity contribution >= 4 is 23.1 Å². The van der Waals surface area contributed by atoms with Crippen LogP contribution in [0.4, 0.5) is 0 Å². The third-order valence-corrected chi connectivity index (χ3v) is 3.90.